The van der Waals surface area contributed by atoms with Crippen molar-refractivity contribution in [2.24, 2.45) is 0 Å². The number of nitro groups is 1. The molecule has 0 unspecified atom stereocenters. The number of ether oxygens (including phenoxy) is 1. The molecule has 0 radical (unpaired) electrons. The van der Waals surface area contributed by atoms with Crippen LogP contribution in [0.4, 0.5) is 5.69 Å². The van der Waals surface area contributed by atoms with Gasteiger partial charge in [-0.2, -0.15) is 0 Å². The maximum Gasteiger partial charge on any atom is 0.270 e. The Hall–Kier alpha value is -4.18. The van der Waals surface area contributed by atoms with Gasteiger partial charge in [-0.1, -0.05) is 72.8 Å². The van der Waals surface area contributed by atoms with Crippen molar-refractivity contribution >= 4 is 23.7 Å². The molecule has 0 bridgehead atoms. The van der Waals surface area contributed by atoms with E-state index < -0.39 is 15.6 Å². The van der Waals surface area contributed by atoms with Gasteiger partial charge in [0.25, 0.3) is 5.69 Å². The van der Waals surface area contributed by atoms with E-state index in [9.17, 15) is 20.0 Å². The number of nitrogens with one attached hydrogen (secondary N) is 1. The Labute approximate surface area is 257 Å². The molecule has 1 N–H and O–H groups in total. The molecular formula is C34H38N2O6S. The maximum atomic E-state index is 11.7. The van der Waals surface area contributed by atoms with Crippen LogP contribution in [0.1, 0.15) is 53.4 Å². The second-order valence-corrected chi connectivity index (χ2v) is 10.7. The first-order chi connectivity index (χ1) is 20.8. The van der Waals surface area contributed by atoms with E-state index in [0.717, 1.165) is 22.8 Å². The normalized spacial score (nSPS) is 11.0. The third kappa shape index (κ3) is 8.44. The minimum atomic E-state index is -1.50. The number of nitro benzene ring substituents is 1. The quantitative estimate of drug-likeness (QED) is 0.0988. The number of hydrogen-bond acceptors (Lipinski definition) is 7. The Morgan fingerprint density at radius 2 is 1.33 bits per heavy atom. The summed E-state index contributed by atoms with van der Waals surface area (Å²) in [6, 6.07) is 31.0. The summed E-state index contributed by atoms with van der Waals surface area (Å²) in [5.74, 6) is -0.793. The minimum Gasteiger partial charge on any atom is -0.545 e. The molecule has 0 saturated heterocycles. The van der Waals surface area contributed by atoms with E-state index in [2.05, 4.69) is 20.8 Å². The fourth-order valence-electron chi connectivity index (χ4n) is 4.74. The van der Waals surface area contributed by atoms with Crippen LogP contribution in [-0.2, 0) is 15.5 Å². The van der Waals surface area contributed by atoms with Crippen LogP contribution >= 0.6 is 12.0 Å². The average molecular weight is 603 g/mol. The van der Waals surface area contributed by atoms with Crippen molar-refractivity contribution in [2.45, 2.75) is 32.1 Å². The number of hydrogen-bond donors (Lipinski definition) is 1. The molecule has 0 spiro atoms. The van der Waals surface area contributed by atoms with Crippen LogP contribution in [0.3, 0.4) is 0 Å². The van der Waals surface area contributed by atoms with Gasteiger partial charge in [-0.25, -0.2) is 0 Å². The molecule has 4 aromatic rings. The molecule has 0 aliphatic heterocycles. The second-order valence-electron chi connectivity index (χ2n) is 9.68. The molecule has 0 aliphatic carbocycles. The Morgan fingerprint density at radius 3 is 1.74 bits per heavy atom. The van der Waals surface area contributed by atoms with Crippen molar-refractivity contribution in [1.29, 1.82) is 0 Å². The van der Waals surface area contributed by atoms with Crippen molar-refractivity contribution < 1.29 is 28.6 Å². The number of carboxylic acids is 1. The standard InChI is InChI=1S/C28H23NO6S.C6H15N/c1-34-25-16-13-23(14-17-25)28(21-8-4-2-5-9-21,22-10-6-3-7-11-22)36-35-19-20-12-15-24(29(32)33)18-26(20)27(30)31;1-4-7(5-2)6-3/h2-18H,19H2,1H3,(H,30,31);4-6H2,1-3H3. The van der Waals surface area contributed by atoms with Gasteiger partial charge in [0, 0.05) is 29.7 Å². The number of rotatable bonds is 13. The number of nitrogens with zero attached hydrogens (tertiary/aromatic N) is 1. The fraction of sp³-hybridized carbons (Fsp3) is 0.265. The summed E-state index contributed by atoms with van der Waals surface area (Å²) < 4.78 is 10.7. The highest BCUT2D eigenvalue weighted by molar-refractivity contribution is 7.96. The van der Waals surface area contributed by atoms with E-state index >= 15 is 0 Å². The van der Waals surface area contributed by atoms with Crippen LogP contribution in [0.5, 0.6) is 5.75 Å². The molecule has 0 atom stereocenters. The van der Waals surface area contributed by atoms with Gasteiger partial charge < -0.3 is 23.7 Å². The minimum absolute atomic E-state index is 0.108. The highest BCUT2D eigenvalue weighted by atomic mass is 32.2. The van der Waals surface area contributed by atoms with E-state index in [0.29, 0.717) is 5.75 Å². The summed E-state index contributed by atoms with van der Waals surface area (Å²) in [5.41, 5.74) is 2.50. The zero-order valence-electron chi connectivity index (χ0n) is 24.9. The lowest BCUT2D eigenvalue weighted by Gasteiger charge is -2.34. The summed E-state index contributed by atoms with van der Waals surface area (Å²) in [6.07, 6.45) is 0. The predicted molar refractivity (Wildman–Crippen MR) is 168 cm³/mol. The van der Waals surface area contributed by atoms with Crippen LogP contribution in [0.15, 0.2) is 103 Å². The van der Waals surface area contributed by atoms with E-state index in [4.69, 9.17) is 8.92 Å². The molecule has 0 saturated carbocycles. The summed E-state index contributed by atoms with van der Waals surface area (Å²) in [6.45, 7) is 10.4. The topological polar surface area (TPSA) is 106 Å². The summed E-state index contributed by atoms with van der Waals surface area (Å²) in [5, 5.41) is 22.8. The van der Waals surface area contributed by atoms with E-state index in [-0.39, 0.29) is 23.4 Å². The zero-order chi connectivity index (χ0) is 31.2. The maximum absolute atomic E-state index is 11.7. The largest absolute Gasteiger partial charge is 0.545 e. The third-order valence-electron chi connectivity index (χ3n) is 7.28. The lowest BCUT2D eigenvalue weighted by Crippen LogP contribution is -3.11. The zero-order valence-corrected chi connectivity index (χ0v) is 25.8. The van der Waals surface area contributed by atoms with Gasteiger partial charge in [-0.15, -0.1) is 0 Å². The number of carbonyl (C=O) groups is 1. The van der Waals surface area contributed by atoms with Crippen LogP contribution in [0.25, 0.3) is 0 Å². The molecule has 8 nitrogen and oxygen atoms in total. The monoisotopic (exact) mass is 602 g/mol. The molecule has 0 heterocycles. The van der Waals surface area contributed by atoms with Gasteiger partial charge in [0.1, 0.15) is 10.5 Å². The SMILES string of the molecule is CC[NH+](CC)CC.COc1ccc(C(SOCc2ccc([N+](=O)[O-])cc2C(=O)[O-])(c2ccccc2)c2ccccc2)cc1. The van der Waals surface area contributed by atoms with Crippen LogP contribution in [0, 0.1) is 10.1 Å². The first-order valence-corrected chi connectivity index (χ1v) is 14.9. The molecule has 226 valence electrons. The first kappa shape index (κ1) is 33.3. The van der Waals surface area contributed by atoms with Crippen molar-refractivity contribution in [3.8, 4) is 5.75 Å². The molecule has 0 amide bonds. The van der Waals surface area contributed by atoms with Crippen molar-refractivity contribution in [3.63, 3.8) is 0 Å². The highest BCUT2D eigenvalue weighted by Crippen LogP contribution is 2.49. The van der Waals surface area contributed by atoms with Gasteiger partial charge in [-0.3, -0.25) is 10.1 Å². The number of methoxy groups -OCH3 is 1. The molecule has 4 rings (SSSR count). The van der Waals surface area contributed by atoms with E-state index in [1.54, 1.807) is 12.0 Å². The summed E-state index contributed by atoms with van der Waals surface area (Å²) in [4.78, 5) is 23.8. The third-order valence-corrected chi connectivity index (χ3v) is 8.47. The Balaban J connectivity index is 0.000000646. The second kappa shape index (κ2) is 16.5. The van der Waals surface area contributed by atoms with Crippen molar-refractivity contribution in [3.05, 3.63) is 141 Å². The average Bonchev–Trinajstić information content (AvgIpc) is 3.05. The number of quaternary nitrogens is 1. The fourth-order valence-corrected chi connectivity index (χ4v) is 5.80. The molecular weight excluding hydrogens is 564 g/mol. The molecule has 4 aromatic carbocycles. The number of non-ortho nitro benzene ring substituents is 1. The van der Waals surface area contributed by atoms with Gasteiger partial charge >= 0.3 is 0 Å². The number of aromatic carboxylic acids is 1. The van der Waals surface area contributed by atoms with Crippen molar-refractivity contribution in [1.82, 2.24) is 0 Å². The Bertz CT molecular complexity index is 1400. The highest BCUT2D eigenvalue weighted by Gasteiger charge is 2.38. The molecule has 43 heavy (non-hydrogen) atoms. The Morgan fingerprint density at radius 1 is 0.814 bits per heavy atom. The van der Waals surface area contributed by atoms with Crippen LogP contribution in [0.2, 0.25) is 0 Å². The van der Waals surface area contributed by atoms with Gasteiger partial charge in [-0.05, 0) is 61.2 Å². The van der Waals surface area contributed by atoms with E-state index in [1.807, 2.05) is 84.9 Å². The molecule has 0 fully saturated rings. The summed E-state index contributed by atoms with van der Waals surface area (Å²) in [7, 11) is 1.60. The smallest absolute Gasteiger partial charge is 0.270 e. The van der Waals surface area contributed by atoms with Crippen molar-refractivity contribution in [2.75, 3.05) is 26.7 Å². The number of benzene rings is 4. The van der Waals surface area contributed by atoms with Gasteiger partial charge in [0.2, 0.25) is 0 Å². The van der Waals surface area contributed by atoms with E-state index in [1.165, 1.54) is 43.8 Å². The molecule has 0 aromatic heterocycles. The first-order valence-electron chi connectivity index (χ1n) is 14.2. The van der Waals surface area contributed by atoms with Crippen LogP contribution in [-0.4, -0.2) is 37.6 Å². The number of carboxylic acid groups (broad SMARTS) is 1. The van der Waals surface area contributed by atoms with Gasteiger partial charge in [0.05, 0.1) is 44.2 Å². The Kier molecular flexibility index (Phi) is 12.8. The van der Waals surface area contributed by atoms with Gasteiger partial charge in [0.15, 0.2) is 0 Å². The van der Waals surface area contributed by atoms with Crippen LogP contribution < -0.4 is 14.7 Å². The molecule has 9 heteroatoms. The molecule has 0 aliphatic rings. The lowest BCUT2D eigenvalue weighted by molar-refractivity contribution is -0.894. The number of carbonyl (C=O) groups excluding carboxylic acids is 1. The lowest BCUT2D eigenvalue weighted by atomic mass is 9.84. The predicted octanol–water partition coefficient (Wildman–Crippen LogP) is 5.05. The summed E-state index contributed by atoms with van der Waals surface area (Å²) >= 11 is 1.18.